The fourth-order valence-corrected chi connectivity index (χ4v) is 8.00. The van der Waals surface area contributed by atoms with E-state index in [-0.39, 0.29) is 5.54 Å². The maximum absolute atomic E-state index is 6.67. The molecule has 208 valence electrons. The standard InChI is InChI=1S/C32H39N7O/c1-2-22-7-3-8-23-9-4-10-24(27(22)23)17-38-21-33-28-29(38)35-31(37-18-25-11-12-26(19-37)34-25)36-30(28)40-20-32-13-5-15-39(32)16-6-14-32/h3-4,7-10,21,25-26,34H,2,5-6,11-20H2,1H3. The molecule has 2 aromatic carbocycles. The minimum atomic E-state index is 0.160. The number of aryl methyl sites for hydroxylation is 1. The number of hydrogen-bond acceptors (Lipinski definition) is 7. The first-order valence-corrected chi connectivity index (χ1v) is 15.3. The summed E-state index contributed by atoms with van der Waals surface area (Å²) in [6.45, 7) is 7.89. The zero-order valence-electron chi connectivity index (χ0n) is 23.5. The summed E-state index contributed by atoms with van der Waals surface area (Å²) in [6.07, 6.45) is 10.3. The van der Waals surface area contributed by atoms with Gasteiger partial charge in [0.2, 0.25) is 11.8 Å². The van der Waals surface area contributed by atoms with Gasteiger partial charge in [0.25, 0.3) is 0 Å². The number of nitrogens with one attached hydrogen (secondary N) is 1. The van der Waals surface area contributed by atoms with Crippen molar-refractivity contribution in [3.63, 3.8) is 0 Å². The van der Waals surface area contributed by atoms with Crippen molar-refractivity contribution in [1.82, 2.24) is 29.7 Å². The topological polar surface area (TPSA) is 71.3 Å². The average molecular weight is 538 g/mol. The molecule has 4 aliphatic rings. The van der Waals surface area contributed by atoms with Crippen molar-refractivity contribution in [2.45, 2.75) is 76.0 Å². The lowest BCUT2D eigenvalue weighted by molar-refractivity contribution is 0.111. The first kappa shape index (κ1) is 24.6. The van der Waals surface area contributed by atoms with Gasteiger partial charge in [0.05, 0.1) is 18.4 Å². The molecule has 8 heteroatoms. The highest BCUT2D eigenvalue weighted by Gasteiger charge is 2.45. The number of ether oxygens (including phenoxy) is 1. The van der Waals surface area contributed by atoms with Gasteiger partial charge in [-0.05, 0) is 79.9 Å². The quantitative estimate of drug-likeness (QED) is 0.371. The third-order valence-corrected chi connectivity index (χ3v) is 10.0. The van der Waals surface area contributed by atoms with Crippen molar-refractivity contribution in [1.29, 1.82) is 0 Å². The van der Waals surface area contributed by atoms with Crippen LogP contribution in [0, 0.1) is 0 Å². The first-order chi connectivity index (χ1) is 19.7. The van der Waals surface area contributed by atoms with Gasteiger partial charge < -0.3 is 19.5 Å². The second-order valence-electron chi connectivity index (χ2n) is 12.4. The van der Waals surface area contributed by atoms with Gasteiger partial charge in [-0.25, -0.2) is 4.98 Å². The van der Waals surface area contributed by atoms with Crippen LogP contribution >= 0.6 is 0 Å². The SMILES string of the molecule is CCc1cccc2cccc(Cn3cnc4c(OCC56CCCN5CCC6)nc(N5CC6CCC(C5)N6)nc43)c12. The molecule has 8 rings (SSSR count). The molecule has 40 heavy (non-hydrogen) atoms. The van der Waals surface area contributed by atoms with Crippen molar-refractivity contribution in [2.75, 3.05) is 37.7 Å². The third-order valence-electron chi connectivity index (χ3n) is 10.0. The summed E-state index contributed by atoms with van der Waals surface area (Å²) in [5, 5.41) is 6.38. The van der Waals surface area contributed by atoms with E-state index in [1.807, 2.05) is 6.33 Å². The van der Waals surface area contributed by atoms with Crippen molar-refractivity contribution in [3.05, 3.63) is 53.9 Å². The van der Waals surface area contributed by atoms with E-state index in [2.05, 4.69) is 63.0 Å². The molecule has 0 amide bonds. The van der Waals surface area contributed by atoms with Crippen LogP contribution in [0.15, 0.2) is 42.7 Å². The summed E-state index contributed by atoms with van der Waals surface area (Å²) in [4.78, 5) is 20.1. The molecule has 4 aliphatic heterocycles. The molecular weight excluding hydrogens is 498 g/mol. The molecule has 0 aliphatic carbocycles. The lowest BCUT2D eigenvalue weighted by atomic mass is 9.95. The van der Waals surface area contributed by atoms with E-state index in [4.69, 9.17) is 19.7 Å². The Morgan fingerprint density at radius 3 is 2.48 bits per heavy atom. The second-order valence-corrected chi connectivity index (χ2v) is 12.4. The van der Waals surface area contributed by atoms with Crippen LogP contribution in [0.1, 0.15) is 56.6 Å². The van der Waals surface area contributed by atoms with E-state index < -0.39 is 0 Å². The number of imidazole rings is 1. The molecule has 1 N–H and O–H groups in total. The van der Waals surface area contributed by atoms with Gasteiger partial charge in [0.1, 0.15) is 6.61 Å². The van der Waals surface area contributed by atoms with Crippen molar-refractivity contribution >= 4 is 27.9 Å². The summed E-state index contributed by atoms with van der Waals surface area (Å²) < 4.78 is 8.86. The van der Waals surface area contributed by atoms with E-state index in [0.29, 0.717) is 31.1 Å². The smallest absolute Gasteiger partial charge is 0.247 e. The summed E-state index contributed by atoms with van der Waals surface area (Å²) in [6, 6.07) is 14.3. The first-order valence-electron chi connectivity index (χ1n) is 15.3. The molecule has 0 saturated carbocycles. The molecule has 4 fully saturated rings. The van der Waals surface area contributed by atoms with Crippen LogP contribution in [0.2, 0.25) is 0 Å². The van der Waals surface area contributed by atoms with E-state index in [1.54, 1.807) is 0 Å². The van der Waals surface area contributed by atoms with Gasteiger partial charge in [0, 0.05) is 25.2 Å². The Hall–Kier alpha value is -3.23. The van der Waals surface area contributed by atoms with Crippen LogP contribution < -0.4 is 15.0 Å². The summed E-state index contributed by atoms with van der Waals surface area (Å²) in [5.74, 6) is 1.42. The largest absolute Gasteiger partial charge is 0.474 e. The number of nitrogens with zero attached hydrogens (tertiary/aromatic N) is 6. The maximum atomic E-state index is 6.67. The molecule has 4 saturated heterocycles. The highest BCUT2D eigenvalue weighted by Crippen LogP contribution is 2.40. The van der Waals surface area contributed by atoms with Gasteiger partial charge in [-0.2, -0.15) is 9.97 Å². The van der Waals surface area contributed by atoms with Gasteiger partial charge in [-0.1, -0.05) is 43.3 Å². The Balaban J connectivity index is 1.19. The van der Waals surface area contributed by atoms with Crippen LogP contribution in [0.25, 0.3) is 21.9 Å². The van der Waals surface area contributed by atoms with Gasteiger partial charge in [0.15, 0.2) is 11.2 Å². The molecule has 0 radical (unpaired) electrons. The number of rotatable bonds is 7. The molecule has 0 spiro atoms. The fraction of sp³-hybridized carbons (Fsp3) is 0.531. The molecule has 4 aromatic rings. The van der Waals surface area contributed by atoms with Crippen molar-refractivity contribution < 1.29 is 4.74 Å². The zero-order chi connectivity index (χ0) is 26.7. The Morgan fingerprint density at radius 1 is 0.975 bits per heavy atom. The third kappa shape index (κ3) is 4.06. The van der Waals surface area contributed by atoms with Gasteiger partial charge >= 0.3 is 0 Å². The van der Waals surface area contributed by atoms with Crippen LogP contribution in [0.4, 0.5) is 5.95 Å². The zero-order valence-corrected chi connectivity index (χ0v) is 23.5. The number of fused-ring (bicyclic) bond motifs is 5. The van der Waals surface area contributed by atoms with Crippen molar-refractivity contribution in [3.8, 4) is 5.88 Å². The van der Waals surface area contributed by atoms with Crippen LogP contribution in [0.5, 0.6) is 5.88 Å². The molecule has 2 unspecified atom stereocenters. The van der Waals surface area contributed by atoms with Gasteiger partial charge in [-0.3, -0.25) is 4.90 Å². The Kier molecular flexibility index (Phi) is 5.96. The van der Waals surface area contributed by atoms with E-state index in [9.17, 15) is 0 Å². The second kappa shape index (κ2) is 9.70. The Bertz CT molecular complexity index is 1540. The van der Waals surface area contributed by atoms with Crippen LogP contribution in [0.3, 0.4) is 0 Å². The molecule has 2 aromatic heterocycles. The summed E-state index contributed by atoms with van der Waals surface area (Å²) in [5.41, 5.74) is 4.47. The number of aromatic nitrogens is 4. The fourth-order valence-electron chi connectivity index (χ4n) is 8.00. The van der Waals surface area contributed by atoms with Gasteiger partial charge in [-0.15, -0.1) is 0 Å². The average Bonchev–Trinajstić information content (AvgIpc) is 3.75. The Morgan fingerprint density at radius 2 is 1.73 bits per heavy atom. The molecule has 2 atom stereocenters. The van der Waals surface area contributed by atoms with E-state index in [1.165, 1.54) is 73.5 Å². The van der Waals surface area contributed by atoms with Crippen molar-refractivity contribution in [2.24, 2.45) is 0 Å². The number of anilines is 1. The Labute approximate surface area is 235 Å². The monoisotopic (exact) mass is 537 g/mol. The number of piperazine rings is 1. The highest BCUT2D eigenvalue weighted by molar-refractivity contribution is 5.89. The minimum Gasteiger partial charge on any atom is -0.474 e. The maximum Gasteiger partial charge on any atom is 0.247 e. The van der Waals surface area contributed by atoms with Crippen LogP contribution in [-0.2, 0) is 13.0 Å². The summed E-state index contributed by atoms with van der Waals surface area (Å²) >= 11 is 0. The molecule has 6 heterocycles. The lowest BCUT2D eigenvalue weighted by Gasteiger charge is -2.33. The predicted octanol–water partition coefficient (Wildman–Crippen LogP) is 4.54. The van der Waals surface area contributed by atoms with Crippen LogP contribution in [-0.4, -0.2) is 74.8 Å². The van der Waals surface area contributed by atoms with E-state index in [0.717, 1.165) is 36.6 Å². The number of hydrogen-bond donors (Lipinski definition) is 1. The molecular formula is C32H39N7O. The normalized spacial score (nSPS) is 23.9. The van der Waals surface area contributed by atoms with E-state index >= 15 is 0 Å². The predicted molar refractivity (Wildman–Crippen MR) is 158 cm³/mol. The number of benzene rings is 2. The molecule has 2 bridgehead atoms. The highest BCUT2D eigenvalue weighted by atomic mass is 16.5. The lowest BCUT2D eigenvalue weighted by Crippen LogP contribution is -2.51. The molecule has 8 nitrogen and oxygen atoms in total. The minimum absolute atomic E-state index is 0.160. The summed E-state index contributed by atoms with van der Waals surface area (Å²) in [7, 11) is 0.